The maximum Gasteiger partial charge on any atom is 0.0702 e. The summed E-state index contributed by atoms with van der Waals surface area (Å²) in [5.41, 5.74) is 5.22. The van der Waals surface area contributed by atoms with E-state index in [9.17, 15) is 0 Å². The highest BCUT2D eigenvalue weighted by Crippen LogP contribution is 2.34. The fourth-order valence-corrected chi connectivity index (χ4v) is 5.73. The number of pyridine rings is 1. The molecule has 0 N–H and O–H groups in total. The summed E-state index contributed by atoms with van der Waals surface area (Å²) in [5, 5.41) is 0. The highest BCUT2D eigenvalue weighted by atomic mass is 14.7. The number of unbranched alkanes of at least 4 members (excludes halogenated alkanes) is 8. The van der Waals surface area contributed by atoms with Gasteiger partial charge in [-0.15, -0.1) is 0 Å². The van der Waals surface area contributed by atoms with E-state index >= 15 is 0 Å². The van der Waals surface area contributed by atoms with Crippen LogP contribution in [0.4, 0.5) is 0 Å². The summed E-state index contributed by atoms with van der Waals surface area (Å²) in [7, 11) is 0. The summed E-state index contributed by atoms with van der Waals surface area (Å²) >= 11 is 0. The smallest absolute Gasteiger partial charge is 0.0702 e. The molecule has 1 aromatic carbocycles. The van der Waals surface area contributed by atoms with Crippen molar-refractivity contribution in [2.45, 2.75) is 129 Å². The van der Waals surface area contributed by atoms with E-state index in [4.69, 9.17) is 4.98 Å². The van der Waals surface area contributed by atoms with Gasteiger partial charge in [-0.05, 0) is 54.7 Å². The number of aryl methyl sites for hydroxylation is 2. The average Bonchev–Trinajstić information content (AvgIpc) is 2.89. The predicted octanol–water partition coefficient (Wildman–Crippen LogP) is 10.4. The predicted molar refractivity (Wildman–Crippen MR) is 149 cm³/mol. The lowest BCUT2D eigenvalue weighted by atomic mass is 9.78. The first kappa shape index (κ1) is 27.0. The Morgan fingerprint density at radius 1 is 0.588 bits per heavy atom. The van der Waals surface area contributed by atoms with Crippen LogP contribution in [0.3, 0.4) is 0 Å². The van der Waals surface area contributed by atoms with Crippen LogP contribution < -0.4 is 0 Å². The lowest BCUT2D eigenvalue weighted by Crippen LogP contribution is -2.15. The minimum Gasteiger partial charge on any atom is -0.256 e. The molecule has 1 aromatic heterocycles. The van der Waals surface area contributed by atoms with Gasteiger partial charge < -0.3 is 0 Å². The summed E-state index contributed by atoms with van der Waals surface area (Å²) in [6, 6.07) is 13.6. The number of nitrogens with zero attached hydrogens (tertiary/aromatic N) is 1. The molecule has 1 heteroatoms. The van der Waals surface area contributed by atoms with Gasteiger partial charge in [-0.3, -0.25) is 4.98 Å². The van der Waals surface area contributed by atoms with E-state index in [2.05, 4.69) is 56.4 Å². The molecular formula is C33H51N. The van der Waals surface area contributed by atoms with Crippen LogP contribution in [0, 0.1) is 11.8 Å². The van der Waals surface area contributed by atoms with Crippen LogP contribution in [0.25, 0.3) is 11.3 Å². The molecule has 3 rings (SSSR count). The molecule has 0 spiro atoms. The SMILES string of the molecule is CCCCCCCCC1CCC(CCc2ccc(-c3ccc(CCCCCC)cc3)nc2)CC1. The van der Waals surface area contributed by atoms with E-state index < -0.39 is 0 Å². The second-order valence-electron chi connectivity index (χ2n) is 11.0. The van der Waals surface area contributed by atoms with Gasteiger partial charge in [-0.2, -0.15) is 0 Å². The topological polar surface area (TPSA) is 12.9 Å². The molecule has 1 aliphatic rings. The Hall–Kier alpha value is -1.63. The molecule has 0 atom stereocenters. The quantitative estimate of drug-likeness (QED) is 0.226. The van der Waals surface area contributed by atoms with Gasteiger partial charge in [0.25, 0.3) is 0 Å². The van der Waals surface area contributed by atoms with Gasteiger partial charge in [-0.1, -0.05) is 134 Å². The fraction of sp³-hybridized carbons (Fsp3) is 0.667. The Bertz CT molecular complexity index is 752. The molecule has 34 heavy (non-hydrogen) atoms. The monoisotopic (exact) mass is 461 g/mol. The van der Waals surface area contributed by atoms with Crippen molar-refractivity contribution in [3.63, 3.8) is 0 Å². The zero-order valence-corrected chi connectivity index (χ0v) is 22.4. The Morgan fingerprint density at radius 2 is 1.18 bits per heavy atom. The molecule has 0 bridgehead atoms. The molecular weight excluding hydrogens is 410 g/mol. The first-order valence-corrected chi connectivity index (χ1v) is 14.8. The molecule has 1 heterocycles. The van der Waals surface area contributed by atoms with Crippen molar-refractivity contribution in [3.8, 4) is 11.3 Å². The summed E-state index contributed by atoms with van der Waals surface area (Å²) in [4.78, 5) is 4.80. The molecule has 0 saturated heterocycles. The third-order valence-electron chi connectivity index (χ3n) is 8.17. The zero-order chi connectivity index (χ0) is 23.8. The Labute approximate surface area is 211 Å². The van der Waals surface area contributed by atoms with Crippen molar-refractivity contribution in [2.75, 3.05) is 0 Å². The van der Waals surface area contributed by atoms with Crippen molar-refractivity contribution < 1.29 is 0 Å². The first-order chi connectivity index (χ1) is 16.8. The van der Waals surface area contributed by atoms with E-state index in [1.807, 2.05) is 0 Å². The third-order valence-corrected chi connectivity index (χ3v) is 8.17. The van der Waals surface area contributed by atoms with Crippen LogP contribution in [0.2, 0.25) is 0 Å². The Balaban J connectivity index is 1.32. The fourth-order valence-electron chi connectivity index (χ4n) is 5.73. The molecule has 2 aromatic rings. The number of hydrogen-bond acceptors (Lipinski definition) is 1. The molecule has 0 aliphatic heterocycles. The number of aromatic nitrogens is 1. The van der Waals surface area contributed by atoms with Crippen LogP contribution in [0.15, 0.2) is 42.6 Å². The molecule has 1 nitrogen and oxygen atoms in total. The van der Waals surface area contributed by atoms with Crippen LogP contribution in [0.1, 0.15) is 128 Å². The standard InChI is InChI=1S/C33H51N/c1-3-5-7-9-10-12-14-28-15-17-30(18-16-28)19-20-31-23-26-33(34-27-31)32-24-21-29(22-25-32)13-11-8-6-4-2/h21-28,30H,3-20H2,1-2H3. The van der Waals surface area contributed by atoms with Gasteiger partial charge in [0.2, 0.25) is 0 Å². The number of rotatable bonds is 16. The average molecular weight is 462 g/mol. The van der Waals surface area contributed by atoms with Crippen molar-refractivity contribution in [1.82, 2.24) is 4.98 Å². The van der Waals surface area contributed by atoms with E-state index in [1.165, 1.54) is 132 Å². The minimum absolute atomic E-state index is 0.936. The second-order valence-corrected chi connectivity index (χ2v) is 11.0. The second kappa shape index (κ2) is 16.1. The maximum atomic E-state index is 4.80. The van der Waals surface area contributed by atoms with E-state index in [1.54, 1.807) is 0 Å². The highest BCUT2D eigenvalue weighted by Gasteiger charge is 2.20. The summed E-state index contributed by atoms with van der Waals surface area (Å²) in [5.74, 6) is 1.96. The molecule has 1 fully saturated rings. The molecule has 1 saturated carbocycles. The van der Waals surface area contributed by atoms with Crippen molar-refractivity contribution in [1.29, 1.82) is 0 Å². The summed E-state index contributed by atoms with van der Waals surface area (Å²) in [6.45, 7) is 4.58. The van der Waals surface area contributed by atoms with Gasteiger partial charge in [-0.25, -0.2) is 0 Å². The molecule has 0 amide bonds. The molecule has 0 unspecified atom stereocenters. The minimum atomic E-state index is 0.936. The molecule has 1 aliphatic carbocycles. The van der Waals surface area contributed by atoms with Crippen LogP contribution in [-0.2, 0) is 12.8 Å². The van der Waals surface area contributed by atoms with Gasteiger partial charge in [0, 0.05) is 11.8 Å². The van der Waals surface area contributed by atoms with Crippen molar-refractivity contribution in [2.24, 2.45) is 11.8 Å². The van der Waals surface area contributed by atoms with Crippen LogP contribution in [0.5, 0.6) is 0 Å². The summed E-state index contributed by atoms with van der Waals surface area (Å²) in [6.07, 6.45) is 27.2. The zero-order valence-electron chi connectivity index (χ0n) is 22.4. The van der Waals surface area contributed by atoms with Crippen molar-refractivity contribution in [3.05, 3.63) is 53.7 Å². The van der Waals surface area contributed by atoms with E-state index in [-0.39, 0.29) is 0 Å². The van der Waals surface area contributed by atoms with E-state index in [0.29, 0.717) is 0 Å². The van der Waals surface area contributed by atoms with Gasteiger partial charge >= 0.3 is 0 Å². The summed E-state index contributed by atoms with van der Waals surface area (Å²) < 4.78 is 0. The highest BCUT2D eigenvalue weighted by molar-refractivity contribution is 5.59. The normalized spacial score (nSPS) is 18.3. The lowest BCUT2D eigenvalue weighted by molar-refractivity contribution is 0.248. The lowest BCUT2D eigenvalue weighted by Gasteiger charge is -2.28. The maximum absolute atomic E-state index is 4.80. The Kier molecular flexibility index (Phi) is 12.8. The van der Waals surface area contributed by atoms with Crippen LogP contribution in [-0.4, -0.2) is 4.98 Å². The third kappa shape index (κ3) is 9.93. The molecule has 0 radical (unpaired) electrons. The van der Waals surface area contributed by atoms with Crippen LogP contribution >= 0.6 is 0 Å². The van der Waals surface area contributed by atoms with Gasteiger partial charge in [0.1, 0.15) is 0 Å². The van der Waals surface area contributed by atoms with Crippen molar-refractivity contribution >= 4 is 0 Å². The number of benzene rings is 1. The largest absolute Gasteiger partial charge is 0.256 e. The number of hydrogen-bond donors (Lipinski definition) is 0. The van der Waals surface area contributed by atoms with Gasteiger partial charge in [0.15, 0.2) is 0 Å². The molecule has 188 valence electrons. The van der Waals surface area contributed by atoms with Gasteiger partial charge in [0.05, 0.1) is 5.69 Å². The Morgan fingerprint density at radius 3 is 1.82 bits per heavy atom. The first-order valence-electron chi connectivity index (χ1n) is 14.8. The van der Waals surface area contributed by atoms with E-state index in [0.717, 1.165) is 17.5 Å².